The molecule has 1 unspecified atom stereocenters. The second kappa shape index (κ2) is 14.8. The maximum absolute atomic E-state index is 11.7. The maximum Gasteiger partial charge on any atom is 0.306 e. The van der Waals surface area contributed by atoms with Crippen molar-refractivity contribution in [2.24, 2.45) is 11.3 Å². The number of hydrogen-bond acceptors (Lipinski definition) is 1. The summed E-state index contributed by atoms with van der Waals surface area (Å²) in [6, 6.07) is 0. The zero-order valence-electron chi connectivity index (χ0n) is 17.0. The minimum Gasteiger partial charge on any atom is -0.481 e. The van der Waals surface area contributed by atoms with Gasteiger partial charge in [0.05, 0.1) is 5.92 Å². The summed E-state index contributed by atoms with van der Waals surface area (Å²) in [5, 5.41) is 9.59. The van der Waals surface area contributed by atoms with Gasteiger partial charge in [-0.05, 0) is 24.7 Å². The summed E-state index contributed by atoms with van der Waals surface area (Å²) in [7, 11) is 0. The van der Waals surface area contributed by atoms with Crippen LogP contribution in [0.15, 0.2) is 0 Å². The molecule has 0 aliphatic heterocycles. The van der Waals surface area contributed by atoms with Gasteiger partial charge in [-0.3, -0.25) is 4.79 Å². The zero-order chi connectivity index (χ0) is 18.3. The first-order chi connectivity index (χ1) is 11.5. The first kappa shape index (κ1) is 23.5. The van der Waals surface area contributed by atoms with Crippen molar-refractivity contribution < 1.29 is 9.90 Å². The van der Waals surface area contributed by atoms with Crippen LogP contribution in [0.1, 0.15) is 124 Å². The van der Waals surface area contributed by atoms with Crippen molar-refractivity contribution in [3.8, 4) is 0 Å². The molecule has 2 heteroatoms. The molecule has 24 heavy (non-hydrogen) atoms. The van der Waals surface area contributed by atoms with Crippen LogP contribution in [0, 0.1) is 11.3 Å². The third kappa shape index (κ3) is 9.69. The first-order valence-corrected chi connectivity index (χ1v) is 10.8. The molecule has 1 N–H and O–H groups in total. The predicted octanol–water partition coefficient (Wildman–Crippen LogP) is 7.60. The van der Waals surface area contributed by atoms with Gasteiger partial charge < -0.3 is 5.11 Å². The second-order valence-electron chi connectivity index (χ2n) is 7.81. The lowest BCUT2D eigenvalue weighted by atomic mass is 9.67. The SMILES string of the molecule is CCCCCCCCC(CC)(CCCCCCCC)C(C)C(=O)O. The molecule has 144 valence electrons. The summed E-state index contributed by atoms with van der Waals surface area (Å²) < 4.78 is 0. The van der Waals surface area contributed by atoms with Crippen LogP contribution in [-0.2, 0) is 4.79 Å². The standard InChI is InChI=1S/C22H44O2/c1-5-8-10-12-14-16-18-22(7-3,20(4)21(23)24)19-17-15-13-11-9-6-2/h20H,5-19H2,1-4H3,(H,23,24). The lowest BCUT2D eigenvalue weighted by Crippen LogP contribution is -2.34. The maximum atomic E-state index is 11.7. The monoisotopic (exact) mass is 340 g/mol. The van der Waals surface area contributed by atoms with E-state index in [9.17, 15) is 9.90 Å². The molecule has 0 amide bonds. The molecule has 0 radical (unpaired) electrons. The summed E-state index contributed by atoms with van der Waals surface area (Å²) >= 11 is 0. The predicted molar refractivity (Wildman–Crippen MR) is 106 cm³/mol. The van der Waals surface area contributed by atoms with Crippen molar-refractivity contribution in [1.82, 2.24) is 0 Å². The Bertz CT molecular complexity index is 282. The molecule has 0 spiro atoms. The molecule has 0 aliphatic rings. The lowest BCUT2D eigenvalue weighted by molar-refractivity contribution is -0.146. The van der Waals surface area contributed by atoms with E-state index in [4.69, 9.17) is 0 Å². The average molecular weight is 341 g/mol. The number of hydrogen-bond donors (Lipinski definition) is 1. The molecule has 2 nitrogen and oxygen atoms in total. The minimum absolute atomic E-state index is 0.0152. The normalized spacial score (nSPS) is 13.2. The molecule has 0 heterocycles. The molecule has 0 saturated heterocycles. The summed E-state index contributed by atoms with van der Waals surface area (Å²) in [5.74, 6) is -0.817. The van der Waals surface area contributed by atoms with Gasteiger partial charge in [0.15, 0.2) is 0 Å². The van der Waals surface area contributed by atoms with Gasteiger partial charge in [-0.1, -0.05) is 105 Å². The van der Waals surface area contributed by atoms with Crippen LogP contribution in [0.25, 0.3) is 0 Å². The Hall–Kier alpha value is -0.530. The van der Waals surface area contributed by atoms with Crippen LogP contribution < -0.4 is 0 Å². The van der Waals surface area contributed by atoms with E-state index in [1.807, 2.05) is 6.92 Å². The lowest BCUT2D eigenvalue weighted by Gasteiger charge is -2.37. The van der Waals surface area contributed by atoms with E-state index in [2.05, 4.69) is 20.8 Å². The van der Waals surface area contributed by atoms with Crippen molar-refractivity contribution in [3.05, 3.63) is 0 Å². The van der Waals surface area contributed by atoms with E-state index in [-0.39, 0.29) is 11.3 Å². The molecule has 1 atom stereocenters. The molecule has 0 bridgehead atoms. The van der Waals surface area contributed by atoms with E-state index in [0.717, 1.165) is 19.3 Å². The number of carbonyl (C=O) groups is 1. The molecule has 0 aromatic heterocycles. The Morgan fingerprint density at radius 3 is 1.46 bits per heavy atom. The Balaban J connectivity index is 4.39. The van der Waals surface area contributed by atoms with Crippen molar-refractivity contribution in [2.75, 3.05) is 0 Å². The number of aliphatic carboxylic acids is 1. The molecule has 0 aromatic carbocycles. The summed E-state index contributed by atoms with van der Waals surface area (Å²) in [6.07, 6.45) is 18.7. The Morgan fingerprint density at radius 1 is 0.750 bits per heavy atom. The molecule has 0 fully saturated rings. The fourth-order valence-electron chi connectivity index (χ4n) is 3.99. The molecule has 0 saturated carbocycles. The Labute approximate surface area is 151 Å². The van der Waals surface area contributed by atoms with Gasteiger partial charge in [0, 0.05) is 0 Å². The van der Waals surface area contributed by atoms with Crippen LogP contribution >= 0.6 is 0 Å². The van der Waals surface area contributed by atoms with Gasteiger partial charge in [0.1, 0.15) is 0 Å². The highest BCUT2D eigenvalue weighted by molar-refractivity contribution is 5.70. The Morgan fingerprint density at radius 2 is 1.12 bits per heavy atom. The third-order valence-electron chi connectivity index (χ3n) is 6.05. The molecular weight excluding hydrogens is 296 g/mol. The zero-order valence-corrected chi connectivity index (χ0v) is 17.0. The van der Waals surface area contributed by atoms with Crippen LogP contribution in [-0.4, -0.2) is 11.1 Å². The van der Waals surface area contributed by atoms with E-state index in [0.29, 0.717) is 0 Å². The van der Waals surface area contributed by atoms with E-state index in [1.165, 1.54) is 77.0 Å². The summed E-state index contributed by atoms with van der Waals surface area (Å²) in [6.45, 7) is 8.64. The number of carboxylic acid groups (broad SMARTS) is 1. The fourth-order valence-corrected chi connectivity index (χ4v) is 3.99. The van der Waals surface area contributed by atoms with Gasteiger partial charge in [-0.2, -0.15) is 0 Å². The van der Waals surface area contributed by atoms with E-state index in [1.54, 1.807) is 0 Å². The fraction of sp³-hybridized carbons (Fsp3) is 0.955. The van der Waals surface area contributed by atoms with Crippen molar-refractivity contribution in [1.29, 1.82) is 0 Å². The average Bonchev–Trinajstić information content (AvgIpc) is 2.58. The highest BCUT2D eigenvalue weighted by atomic mass is 16.4. The summed E-state index contributed by atoms with van der Waals surface area (Å²) in [4.78, 5) is 11.7. The van der Waals surface area contributed by atoms with Crippen molar-refractivity contribution >= 4 is 5.97 Å². The van der Waals surface area contributed by atoms with Crippen molar-refractivity contribution in [2.45, 2.75) is 124 Å². The van der Waals surface area contributed by atoms with Crippen LogP contribution in [0.4, 0.5) is 0 Å². The summed E-state index contributed by atoms with van der Waals surface area (Å²) in [5.41, 5.74) is 0.0152. The smallest absolute Gasteiger partial charge is 0.306 e. The number of unbranched alkanes of at least 4 members (excludes halogenated alkanes) is 10. The largest absolute Gasteiger partial charge is 0.481 e. The third-order valence-corrected chi connectivity index (χ3v) is 6.05. The number of rotatable bonds is 17. The van der Waals surface area contributed by atoms with Crippen LogP contribution in [0.5, 0.6) is 0 Å². The van der Waals surface area contributed by atoms with E-state index < -0.39 is 5.97 Å². The quantitative estimate of drug-likeness (QED) is 0.277. The number of carboxylic acids is 1. The topological polar surface area (TPSA) is 37.3 Å². The second-order valence-corrected chi connectivity index (χ2v) is 7.81. The van der Waals surface area contributed by atoms with Gasteiger partial charge >= 0.3 is 5.97 Å². The molecule has 0 rings (SSSR count). The van der Waals surface area contributed by atoms with Crippen molar-refractivity contribution in [3.63, 3.8) is 0 Å². The van der Waals surface area contributed by atoms with Crippen LogP contribution in [0.3, 0.4) is 0 Å². The molecule has 0 aliphatic carbocycles. The van der Waals surface area contributed by atoms with E-state index >= 15 is 0 Å². The van der Waals surface area contributed by atoms with Gasteiger partial charge in [-0.15, -0.1) is 0 Å². The Kier molecular flexibility index (Phi) is 14.5. The van der Waals surface area contributed by atoms with Gasteiger partial charge in [-0.25, -0.2) is 0 Å². The van der Waals surface area contributed by atoms with Gasteiger partial charge in [0.2, 0.25) is 0 Å². The van der Waals surface area contributed by atoms with Gasteiger partial charge in [0.25, 0.3) is 0 Å². The molecule has 0 aromatic rings. The van der Waals surface area contributed by atoms with Crippen LogP contribution in [0.2, 0.25) is 0 Å². The highest BCUT2D eigenvalue weighted by Gasteiger charge is 2.37. The minimum atomic E-state index is -0.603. The highest BCUT2D eigenvalue weighted by Crippen LogP contribution is 2.42. The molecular formula is C22H44O2. The first-order valence-electron chi connectivity index (χ1n) is 10.8.